The molecular weight excluding hydrogens is 239 g/mol. The van der Waals surface area contributed by atoms with Crippen LogP contribution in [0.1, 0.15) is 43.7 Å². The van der Waals surface area contributed by atoms with Crippen LogP contribution < -0.4 is 0 Å². The summed E-state index contributed by atoms with van der Waals surface area (Å²) in [6.07, 6.45) is 4.06. The van der Waals surface area contributed by atoms with Crippen LogP contribution in [0.15, 0.2) is 43.2 Å². The monoisotopic (exact) mass is 262 g/mol. The molecule has 19 heavy (non-hydrogen) atoms. The molecule has 0 N–H and O–H groups in total. The van der Waals surface area contributed by atoms with E-state index in [9.17, 15) is 4.39 Å². The lowest BCUT2D eigenvalue weighted by atomic mass is 9.91. The lowest BCUT2D eigenvalue weighted by molar-refractivity contribution is 0.215. The van der Waals surface area contributed by atoms with Gasteiger partial charge in [0.2, 0.25) is 0 Å². The van der Waals surface area contributed by atoms with Crippen molar-refractivity contribution in [2.24, 2.45) is 0 Å². The Bertz CT molecular complexity index is 437. The second-order valence-electron chi connectivity index (χ2n) is 4.60. The van der Waals surface area contributed by atoms with Crippen molar-refractivity contribution in [3.8, 4) is 0 Å². The van der Waals surface area contributed by atoms with Crippen LogP contribution in [0, 0.1) is 5.82 Å². The van der Waals surface area contributed by atoms with Gasteiger partial charge in [0.25, 0.3) is 0 Å². The van der Waals surface area contributed by atoms with Crippen molar-refractivity contribution in [2.75, 3.05) is 6.61 Å². The van der Waals surface area contributed by atoms with Gasteiger partial charge in [0.05, 0.1) is 12.4 Å². The first kappa shape index (κ1) is 15.5. The smallest absolute Gasteiger partial charge is 0.126 e. The number of allylic oxidation sites excluding steroid dienone is 2. The maximum absolute atomic E-state index is 13.9. The molecule has 1 aromatic carbocycles. The molecule has 0 radical (unpaired) electrons. The van der Waals surface area contributed by atoms with Gasteiger partial charge in [0, 0.05) is 6.42 Å². The van der Waals surface area contributed by atoms with E-state index in [1.807, 2.05) is 32.1 Å². The summed E-state index contributed by atoms with van der Waals surface area (Å²) in [6.45, 7) is 12.2. The molecule has 1 unspecified atom stereocenters. The van der Waals surface area contributed by atoms with Crippen molar-refractivity contribution in [1.82, 2.24) is 0 Å². The number of rotatable bonds is 8. The van der Waals surface area contributed by atoms with E-state index < -0.39 is 0 Å². The molecule has 0 amide bonds. The van der Waals surface area contributed by atoms with Crippen molar-refractivity contribution >= 4 is 0 Å². The zero-order chi connectivity index (χ0) is 14.3. The van der Waals surface area contributed by atoms with E-state index >= 15 is 0 Å². The van der Waals surface area contributed by atoms with Gasteiger partial charge in [-0.15, -0.1) is 6.58 Å². The Kier molecular flexibility index (Phi) is 6.34. The summed E-state index contributed by atoms with van der Waals surface area (Å²) in [5.74, 6) is 0.794. The first-order chi connectivity index (χ1) is 9.12. The Labute approximate surface area is 115 Å². The average Bonchev–Trinajstić information content (AvgIpc) is 2.38. The second-order valence-corrected chi connectivity index (χ2v) is 4.60. The molecule has 0 aromatic heterocycles. The normalized spacial score (nSPS) is 11.9. The van der Waals surface area contributed by atoms with Crippen molar-refractivity contribution in [2.45, 2.75) is 39.0 Å². The van der Waals surface area contributed by atoms with Crippen LogP contribution in [0.3, 0.4) is 0 Å². The molecule has 1 atom stereocenters. The minimum Gasteiger partial charge on any atom is -0.499 e. The summed E-state index contributed by atoms with van der Waals surface area (Å²) in [5.41, 5.74) is 1.74. The highest BCUT2D eigenvalue weighted by atomic mass is 19.1. The predicted octanol–water partition coefficient (Wildman–Crippen LogP) is 4.99. The number of ether oxygens (including phenoxy) is 1. The maximum atomic E-state index is 13.9. The van der Waals surface area contributed by atoms with E-state index in [1.54, 1.807) is 6.07 Å². The van der Waals surface area contributed by atoms with Crippen molar-refractivity contribution < 1.29 is 9.13 Å². The number of benzene rings is 1. The lowest BCUT2D eigenvalue weighted by Gasteiger charge is -2.18. The van der Waals surface area contributed by atoms with E-state index in [1.165, 1.54) is 0 Å². The number of halogens is 1. The zero-order valence-electron chi connectivity index (χ0n) is 11.9. The number of hydrogen-bond acceptors (Lipinski definition) is 1. The summed E-state index contributed by atoms with van der Waals surface area (Å²) < 4.78 is 19.2. The maximum Gasteiger partial charge on any atom is 0.126 e. The molecule has 1 rings (SSSR count). The highest BCUT2D eigenvalue weighted by molar-refractivity contribution is 5.28. The third-order valence-electron chi connectivity index (χ3n) is 3.20. The van der Waals surface area contributed by atoms with E-state index in [0.29, 0.717) is 19.4 Å². The molecule has 0 aliphatic carbocycles. The fourth-order valence-corrected chi connectivity index (χ4v) is 2.18. The van der Waals surface area contributed by atoms with Crippen molar-refractivity contribution in [3.63, 3.8) is 0 Å². The van der Waals surface area contributed by atoms with Gasteiger partial charge >= 0.3 is 0 Å². The quantitative estimate of drug-likeness (QED) is 0.474. The molecule has 104 valence electrons. The summed E-state index contributed by atoms with van der Waals surface area (Å²) in [4.78, 5) is 0. The fourth-order valence-electron chi connectivity index (χ4n) is 2.18. The topological polar surface area (TPSA) is 9.23 Å². The third kappa shape index (κ3) is 4.55. The van der Waals surface area contributed by atoms with Gasteiger partial charge in [-0.3, -0.25) is 0 Å². The molecule has 0 aliphatic rings. The summed E-state index contributed by atoms with van der Waals surface area (Å²) in [6, 6.07) is 5.49. The van der Waals surface area contributed by atoms with Gasteiger partial charge in [-0.25, -0.2) is 4.39 Å². The average molecular weight is 262 g/mol. The van der Waals surface area contributed by atoms with Gasteiger partial charge < -0.3 is 4.74 Å². The first-order valence-corrected chi connectivity index (χ1v) is 6.82. The highest BCUT2D eigenvalue weighted by Crippen LogP contribution is 2.28. The molecular formula is C17H23FO. The van der Waals surface area contributed by atoms with E-state index in [2.05, 4.69) is 13.2 Å². The molecule has 0 fully saturated rings. The largest absolute Gasteiger partial charge is 0.499 e. The number of aryl methyl sites for hydroxylation is 1. The summed E-state index contributed by atoms with van der Waals surface area (Å²) >= 11 is 0. The SMILES string of the molecule is C=CCC(CC(=C)OCC)c1ccc(CC)c(F)c1. The van der Waals surface area contributed by atoms with Gasteiger partial charge in [0.1, 0.15) is 5.82 Å². The minimum atomic E-state index is -0.129. The van der Waals surface area contributed by atoms with Gasteiger partial charge in [0.15, 0.2) is 0 Å². The Morgan fingerprint density at radius 1 is 1.42 bits per heavy atom. The molecule has 0 saturated heterocycles. The van der Waals surface area contributed by atoms with Crippen molar-refractivity contribution in [1.29, 1.82) is 0 Å². The molecule has 0 bridgehead atoms. The van der Waals surface area contributed by atoms with E-state index in [-0.39, 0.29) is 11.7 Å². The molecule has 0 aliphatic heterocycles. The summed E-state index contributed by atoms with van der Waals surface area (Å²) in [5, 5.41) is 0. The molecule has 1 aromatic rings. The molecule has 0 spiro atoms. The van der Waals surface area contributed by atoms with Crippen LogP contribution in [0.25, 0.3) is 0 Å². The predicted molar refractivity (Wildman–Crippen MR) is 78.7 cm³/mol. The van der Waals surface area contributed by atoms with E-state index in [4.69, 9.17) is 4.74 Å². The van der Waals surface area contributed by atoms with Crippen LogP contribution in [-0.4, -0.2) is 6.61 Å². The minimum absolute atomic E-state index is 0.129. The fraction of sp³-hybridized carbons (Fsp3) is 0.412. The molecule has 0 saturated carbocycles. The van der Waals surface area contributed by atoms with Gasteiger partial charge in [-0.2, -0.15) is 0 Å². The van der Waals surface area contributed by atoms with Crippen LogP contribution in [0.2, 0.25) is 0 Å². The first-order valence-electron chi connectivity index (χ1n) is 6.82. The third-order valence-corrected chi connectivity index (χ3v) is 3.20. The Morgan fingerprint density at radius 3 is 2.68 bits per heavy atom. The standard InChI is InChI=1S/C17H23FO/c1-5-8-15(11-13(4)19-7-3)16-10-9-14(6-2)17(18)12-16/h5,9-10,12,15H,1,4,6-8,11H2,2-3H3. The van der Waals surface area contributed by atoms with E-state index in [0.717, 1.165) is 23.3 Å². The van der Waals surface area contributed by atoms with Crippen molar-refractivity contribution in [3.05, 3.63) is 60.1 Å². The summed E-state index contributed by atoms with van der Waals surface area (Å²) in [7, 11) is 0. The number of hydrogen-bond donors (Lipinski definition) is 0. The zero-order valence-corrected chi connectivity index (χ0v) is 11.9. The lowest BCUT2D eigenvalue weighted by Crippen LogP contribution is -2.03. The molecule has 2 heteroatoms. The Balaban J connectivity index is 2.89. The highest BCUT2D eigenvalue weighted by Gasteiger charge is 2.14. The second kappa shape index (κ2) is 7.78. The van der Waals surface area contributed by atoms with Crippen LogP contribution in [0.5, 0.6) is 0 Å². The molecule has 1 nitrogen and oxygen atoms in total. The van der Waals surface area contributed by atoms with Crippen LogP contribution in [0.4, 0.5) is 4.39 Å². The Hall–Kier alpha value is -1.57. The van der Waals surface area contributed by atoms with Gasteiger partial charge in [-0.1, -0.05) is 31.7 Å². The van der Waals surface area contributed by atoms with Gasteiger partial charge in [-0.05, 0) is 42.9 Å². The van der Waals surface area contributed by atoms with Crippen LogP contribution >= 0.6 is 0 Å². The van der Waals surface area contributed by atoms with Crippen LogP contribution in [-0.2, 0) is 11.2 Å². The Morgan fingerprint density at radius 2 is 2.16 bits per heavy atom. The molecule has 0 heterocycles.